The molecule has 1 N–H and O–H groups in total. The third-order valence-corrected chi connectivity index (χ3v) is 3.65. The van der Waals surface area contributed by atoms with Crippen molar-refractivity contribution in [3.63, 3.8) is 0 Å². The molecular formula is C16H17NO. The van der Waals surface area contributed by atoms with Crippen molar-refractivity contribution in [2.24, 2.45) is 0 Å². The molecule has 0 aliphatic carbocycles. The van der Waals surface area contributed by atoms with Crippen LogP contribution >= 0.6 is 0 Å². The van der Waals surface area contributed by atoms with Crippen LogP contribution in [0.1, 0.15) is 18.1 Å². The molecule has 1 aromatic heterocycles. The Labute approximate surface area is 106 Å². The molecule has 0 aliphatic heterocycles. The van der Waals surface area contributed by atoms with Gasteiger partial charge in [-0.3, -0.25) is 0 Å². The zero-order valence-electron chi connectivity index (χ0n) is 10.8. The zero-order chi connectivity index (χ0) is 12.7. The first-order valence-corrected chi connectivity index (χ1v) is 6.37. The molecule has 3 aromatic rings. The number of hydrogen-bond acceptors (Lipinski definition) is 1. The van der Waals surface area contributed by atoms with Crippen molar-refractivity contribution in [3.8, 4) is 0 Å². The minimum atomic E-state index is 0.0978. The molecule has 2 nitrogen and oxygen atoms in total. The van der Waals surface area contributed by atoms with Gasteiger partial charge in [0.15, 0.2) is 0 Å². The molecular weight excluding hydrogens is 222 g/mol. The van der Waals surface area contributed by atoms with Gasteiger partial charge in [0.05, 0.1) is 12.1 Å². The monoisotopic (exact) mass is 239 g/mol. The summed E-state index contributed by atoms with van der Waals surface area (Å²) in [5.41, 5.74) is 4.83. The van der Waals surface area contributed by atoms with Gasteiger partial charge in [-0.1, -0.05) is 24.3 Å². The van der Waals surface area contributed by atoms with Crippen molar-refractivity contribution in [2.45, 2.75) is 27.0 Å². The number of nitrogens with zero attached hydrogens (tertiary/aromatic N) is 1. The maximum atomic E-state index is 9.28. The molecule has 0 amide bonds. The van der Waals surface area contributed by atoms with Crippen molar-refractivity contribution in [3.05, 3.63) is 47.5 Å². The van der Waals surface area contributed by atoms with E-state index in [1.807, 2.05) is 6.07 Å². The van der Waals surface area contributed by atoms with E-state index in [1.165, 1.54) is 27.4 Å². The molecule has 0 atom stereocenters. The average molecular weight is 239 g/mol. The smallest absolute Gasteiger partial charge is 0.0682 e. The van der Waals surface area contributed by atoms with E-state index < -0.39 is 0 Å². The summed E-state index contributed by atoms with van der Waals surface area (Å²) in [4.78, 5) is 0. The molecule has 0 fully saturated rings. The number of aryl methyl sites for hydroxylation is 2. The van der Waals surface area contributed by atoms with Crippen molar-refractivity contribution < 1.29 is 5.11 Å². The summed E-state index contributed by atoms with van der Waals surface area (Å²) in [6.45, 7) is 5.38. The average Bonchev–Trinajstić information content (AvgIpc) is 2.73. The molecule has 1 heterocycles. The van der Waals surface area contributed by atoms with E-state index in [-0.39, 0.29) is 6.61 Å². The first-order chi connectivity index (χ1) is 8.76. The molecule has 2 heteroatoms. The SMILES string of the molecule is CCn1c2ccc(CO)cc2c2cccc(C)c21. The number of aliphatic hydroxyl groups excluding tert-OH is 1. The molecule has 0 saturated heterocycles. The number of benzene rings is 2. The van der Waals surface area contributed by atoms with E-state index in [4.69, 9.17) is 0 Å². The van der Waals surface area contributed by atoms with E-state index in [0.29, 0.717) is 0 Å². The maximum absolute atomic E-state index is 9.28. The summed E-state index contributed by atoms with van der Waals surface area (Å²) in [6.07, 6.45) is 0. The van der Waals surface area contributed by atoms with Crippen LogP contribution in [0.2, 0.25) is 0 Å². The van der Waals surface area contributed by atoms with E-state index in [0.717, 1.165) is 12.1 Å². The molecule has 18 heavy (non-hydrogen) atoms. The summed E-state index contributed by atoms with van der Waals surface area (Å²) in [7, 11) is 0. The molecule has 0 unspecified atom stereocenters. The van der Waals surface area contributed by atoms with Crippen LogP contribution in [0.25, 0.3) is 21.8 Å². The minimum Gasteiger partial charge on any atom is -0.392 e. The maximum Gasteiger partial charge on any atom is 0.0682 e. The Morgan fingerprint density at radius 1 is 1.11 bits per heavy atom. The van der Waals surface area contributed by atoms with Crippen LogP contribution in [-0.2, 0) is 13.2 Å². The first-order valence-electron chi connectivity index (χ1n) is 6.37. The number of aromatic nitrogens is 1. The summed E-state index contributed by atoms with van der Waals surface area (Å²) in [5.74, 6) is 0. The molecule has 2 aromatic carbocycles. The fraction of sp³-hybridized carbons (Fsp3) is 0.250. The number of para-hydroxylation sites is 1. The van der Waals surface area contributed by atoms with Crippen molar-refractivity contribution in [2.75, 3.05) is 0 Å². The lowest BCUT2D eigenvalue weighted by molar-refractivity contribution is 0.282. The van der Waals surface area contributed by atoms with Crippen LogP contribution in [0.15, 0.2) is 36.4 Å². The predicted molar refractivity (Wildman–Crippen MR) is 75.8 cm³/mol. The van der Waals surface area contributed by atoms with E-state index in [2.05, 4.69) is 48.7 Å². The molecule has 0 spiro atoms. The first kappa shape index (κ1) is 11.3. The van der Waals surface area contributed by atoms with Gasteiger partial charge in [-0.05, 0) is 37.1 Å². The Morgan fingerprint density at radius 3 is 2.67 bits per heavy atom. The second-order valence-corrected chi connectivity index (χ2v) is 4.72. The summed E-state index contributed by atoms with van der Waals surface area (Å²) in [6, 6.07) is 12.6. The second kappa shape index (κ2) is 4.14. The lowest BCUT2D eigenvalue weighted by atomic mass is 10.1. The summed E-state index contributed by atoms with van der Waals surface area (Å²) < 4.78 is 2.35. The van der Waals surface area contributed by atoms with Crippen molar-refractivity contribution >= 4 is 21.8 Å². The van der Waals surface area contributed by atoms with Crippen LogP contribution in [0.4, 0.5) is 0 Å². The number of hydrogen-bond donors (Lipinski definition) is 1. The number of rotatable bonds is 2. The molecule has 0 aliphatic rings. The quantitative estimate of drug-likeness (QED) is 0.726. The molecule has 0 radical (unpaired) electrons. The van der Waals surface area contributed by atoms with Gasteiger partial charge in [0.1, 0.15) is 0 Å². The summed E-state index contributed by atoms with van der Waals surface area (Å²) >= 11 is 0. The van der Waals surface area contributed by atoms with Crippen molar-refractivity contribution in [1.29, 1.82) is 0 Å². The second-order valence-electron chi connectivity index (χ2n) is 4.72. The van der Waals surface area contributed by atoms with Gasteiger partial charge in [0, 0.05) is 22.8 Å². The van der Waals surface area contributed by atoms with Crippen LogP contribution < -0.4 is 0 Å². The van der Waals surface area contributed by atoms with E-state index >= 15 is 0 Å². The highest BCUT2D eigenvalue weighted by atomic mass is 16.3. The van der Waals surface area contributed by atoms with Gasteiger partial charge >= 0.3 is 0 Å². The largest absolute Gasteiger partial charge is 0.392 e. The highest BCUT2D eigenvalue weighted by molar-refractivity contribution is 6.09. The van der Waals surface area contributed by atoms with Crippen LogP contribution in [0.5, 0.6) is 0 Å². The van der Waals surface area contributed by atoms with Gasteiger partial charge < -0.3 is 9.67 Å². The van der Waals surface area contributed by atoms with Crippen LogP contribution in [0.3, 0.4) is 0 Å². The fourth-order valence-corrected chi connectivity index (χ4v) is 2.82. The number of fused-ring (bicyclic) bond motifs is 3. The third kappa shape index (κ3) is 1.46. The normalized spacial score (nSPS) is 11.5. The van der Waals surface area contributed by atoms with E-state index in [9.17, 15) is 5.11 Å². The Hall–Kier alpha value is -1.80. The Morgan fingerprint density at radius 2 is 1.94 bits per heavy atom. The third-order valence-electron chi connectivity index (χ3n) is 3.65. The van der Waals surface area contributed by atoms with E-state index in [1.54, 1.807) is 0 Å². The number of aliphatic hydroxyl groups is 1. The fourth-order valence-electron chi connectivity index (χ4n) is 2.82. The van der Waals surface area contributed by atoms with Crippen molar-refractivity contribution in [1.82, 2.24) is 4.57 Å². The minimum absolute atomic E-state index is 0.0978. The molecule has 3 rings (SSSR count). The molecule has 92 valence electrons. The highest BCUT2D eigenvalue weighted by Crippen LogP contribution is 2.31. The van der Waals surface area contributed by atoms with Crippen LogP contribution in [-0.4, -0.2) is 9.67 Å². The molecule has 0 bridgehead atoms. The van der Waals surface area contributed by atoms with Gasteiger partial charge in [0.2, 0.25) is 0 Å². The standard InChI is InChI=1S/C16H17NO/c1-3-17-15-8-7-12(10-18)9-14(15)13-6-4-5-11(2)16(13)17/h4-9,18H,3,10H2,1-2H3. The Bertz CT molecular complexity index is 725. The lowest BCUT2D eigenvalue weighted by Crippen LogP contribution is -1.94. The topological polar surface area (TPSA) is 25.2 Å². The van der Waals surface area contributed by atoms with Gasteiger partial charge in [0.25, 0.3) is 0 Å². The predicted octanol–water partition coefficient (Wildman–Crippen LogP) is 3.62. The Kier molecular flexibility index (Phi) is 2.60. The van der Waals surface area contributed by atoms with Crippen LogP contribution in [0, 0.1) is 6.92 Å². The van der Waals surface area contributed by atoms with Gasteiger partial charge in [-0.2, -0.15) is 0 Å². The Balaban J connectivity index is 2.53. The molecule has 0 saturated carbocycles. The van der Waals surface area contributed by atoms with Gasteiger partial charge in [-0.15, -0.1) is 0 Å². The highest BCUT2D eigenvalue weighted by Gasteiger charge is 2.11. The summed E-state index contributed by atoms with van der Waals surface area (Å²) in [5, 5.41) is 11.8. The van der Waals surface area contributed by atoms with Gasteiger partial charge in [-0.25, -0.2) is 0 Å². The zero-order valence-corrected chi connectivity index (χ0v) is 10.8. The lowest BCUT2D eigenvalue weighted by Gasteiger charge is -2.05.